The van der Waals surface area contributed by atoms with E-state index in [2.05, 4.69) is 17.2 Å². The van der Waals surface area contributed by atoms with Crippen LogP contribution in [0.25, 0.3) is 5.57 Å². The van der Waals surface area contributed by atoms with E-state index in [1.54, 1.807) is 26.8 Å². The fourth-order valence-corrected chi connectivity index (χ4v) is 2.11. The van der Waals surface area contributed by atoms with Crippen LogP contribution >= 0.6 is 0 Å². The number of benzene rings is 1. The van der Waals surface area contributed by atoms with Crippen molar-refractivity contribution in [2.45, 2.75) is 27.2 Å². The van der Waals surface area contributed by atoms with E-state index in [9.17, 15) is 9.59 Å². The molecule has 0 spiro atoms. The van der Waals surface area contributed by atoms with Gasteiger partial charge in [-0.05, 0) is 18.1 Å². The second-order valence-corrected chi connectivity index (χ2v) is 4.98. The van der Waals surface area contributed by atoms with Crippen LogP contribution in [-0.2, 0) is 4.79 Å². The highest BCUT2D eigenvalue weighted by Crippen LogP contribution is 2.33. The molecular weight excluding hydrogens is 250 g/mol. The predicted molar refractivity (Wildman–Crippen MR) is 78.7 cm³/mol. The van der Waals surface area contributed by atoms with Crippen molar-refractivity contribution >= 4 is 17.3 Å². The molecule has 0 aromatic heterocycles. The molecule has 1 amide bonds. The lowest BCUT2D eigenvalue weighted by molar-refractivity contribution is -0.123. The molecule has 1 aliphatic carbocycles. The average molecular weight is 267 g/mol. The Hall–Kier alpha value is -2.34. The third-order valence-electron chi connectivity index (χ3n) is 3.24. The van der Waals surface area contributed by atoms with Gasteiger partial charge >= 0.3 is 0 Å². The molecule has 1 aromatic rings. The molecule has 0 saturated carbocycles. The van der Waals surface area contributed by atoms with Crippen molar-refractivity contribution in [1.29, 1.82) is 0 Å². The molecule has 0 bridgehead atoms. The number of amides is 1. The van der Waals surface area contributed by atoms with Crippen LogP contribution in [0, 0.1) is 17.8 Å². The standard InChI is InChI=1S/C17H17NO2/c1-4-5-8-13-12-9-6-7-10-14(12)16(19)15(13)18-17(20)11(2)3/h6-7,9-11H,8H2,1-3H3,(H,18,19,20). The number of fused-ring (bicyclic) bond motifs is 1. The first kappa shape index (κ1) is 14.1. The average Bonchev–Trinajstić information content (AvgIpc) is 2.70. The first-order valence-corrected chi connectivity index (χ1v) is 6.64. The highest BCUT2D eigenvalue weighted by molar-refractivity contribution is 6.21. The Labute approximate surface area is 119 Å². The summed E-state index contributed by atoms with van der Waals surface area (Å²) < 4.78 is 0. The fourth-order valence-electron chi connectivity index (χ4n) is 2.11. The Morgan fingerprint density at radius 2 is 1.90 bits per heavy atom. The highest BCUT2D eigenvalue weighted by atomic mass is 16.2. The zero-order valence-electron chi connectivity index (χ0n) is 11.9. The quantitative estimate of drug-likeness (QED) is 0.856. The molecule has 1 aliphatic rings. The van der Waals surface area contributed by atoms with Crippen molar-refractivity contribution in [1.82, 2.24) is 5.32 Å². The van der Waals surface area contributed by atoms with E-state index in [0.29, 0.717) is 17.7 Å². The number of hydrogen-bond acceptors (Lipinski definition) is 2. The van der Waals surface area contributed by atoms with Gasteiger partial charge in [-0.3, -0.25) is 9.59 Å². The van der Waals surface area contributed by atoms with Crippen molar-refractivity contribution in [2.24, 2.45) is 5.92 Å². The van der Waals surface area contributed by atoms with Crippen molar-refractivity contribution in [2.75, 3.05) is 0 Å². The summed E-state index contributed by atoms with van der Waals surface area (Å²) in [4.78, 5) is 24.3. The van der Waals surface area contributed by atoms with Gasteiger partial charge in [-0.1, -0.05) is 44.0 Å². The molecule has 0 radical (unpaired) electrons. The molecule has 20 heavy (non-hydrogen) atoms. The third-order valence-corrected chi connectivity index (χ3v) is 3.24. The van der Waals surface area contributed by atoms with Gasteiger partial charge in [0.25, 0.3) is 0 Å². The van der Waals surface area contributed by atoms with Crippen molar-refractivity contribution in [3.8, 4) is 11.8 Å². The van der Waals surface area contributed by atoms with Gasteiger partial charge in [-0.15, -0.1) is 5.92 Å². The number of Topliss-reactive ketones (excluding diaryl/α,β-unsaturated/α-hetero) is 1. The Bertz CT molecular complexity index is 657. The minimum Gasteiger partial charge on any atom is -0.322 e. The minimum atomic E-state index is -0.169. The molecule has 0 saturated heterocycles. The Kier molecular flexibility index (Phi) is 4.05. The molecule has 2 rings (SSSR count). The molecule has 0 atom stereocenters. The monoisotopic (exact) mass is 267 g/mol. The summed E-state index contributed by atoms with van der Waals surface area (Å²) in [5, 5.41) is 2.76. The van der Waals surface area contributed by atoms with E-state index in [0.717, 1.165) is 11.1 Å². The molecule has 3 heteroatoms. The number of nitrogens with one attached hydrogen (secondary N) is 1. The van der Waals surface area contributed by atoms with Gasteiger partial charge in [-0.2, -0.15) is 0 Å². The smallest absolute Gasteiger partial charge is 0.227 e. The molecule has 1 N–H and O–H groups in total. The second-order valence-electron chi connectivity index (χ2n) is 4.98. The normalized spacial score (nSPS) is 13.1. The van der Waals surface area contributed by atoms with Crippen LogP contribution in [0.2, 0.25) is 0 Å². The second kappa shape index (κ2) is 5.75. The maximum absolute atomic E-state index is 12.4. The van der Waals surface area contributed by atoms with E-state index in [1.165, 1.54) is 0 Å². The van der Waals surface area contributed by atoms with Crippen LogP contribution in [0.4, 0.5) is 0 Å². The van der Waals surface area contributed by atoms with Crippen molar-refractivity contribution < 1.29 is 9.59 Å². The molecule has 102 valence electrons. The zero-order chi connectivity index (χ0) is 14.7. The number of carbonyl (C=O) groups is 2. The van der Waals surface area contributed by atoms with E-state index in [4.69, 9.17) is 0 Å². The number of allylic oxidation sites excluding steroid dienone is 2. The molecule has 0 heterocycles. The lowest BCUT2D eigenvalue weighted by atomic mass is 10.0. The lowest BCUT2D eigenvalue weighted by Crippen LogP contribution is -2.30. The third kappa shape index (κ3) is 2.50. The first-order valence-electron chi connectivity index (χ1n) is 6.64. The van der Waals surface area contributed by atoms with Gasteiger partial charge in [0.2, 0.25) is 11.7 Å². The van der Waals surface area contributed by atoms with Gasteiger partial charge < -0.3 is 5.32 Å². The van der Waals surface area contributed by atoms with Gasteiger partial charge in [0.1, 0.15) is 0 Å². The zero-order valence-corrected chi connectivity index (χ0v) is 11.9. The molecule has 0 fully saturated rings. The molecule has 0 unspecified atom stereocenters. The summed E-state index contributed by atoms with van der Waals surface area (Å²) in [5.41, 5.74) is 2.71. The van der Waals surface area contributed by atoms with Crippen molar-refractivity contribution in [3.63, 3.8) is 0 Å². The minimum absolute atomic E-state index is 0.123. The van der Waals surface area contributed by atoms with Crippen LogP contribution < -0.4 is 5.32 Å². The number of hydrogen-bond donors (Lipinski definition) is 1. The molecular formula is C17H17NO2. The molecule has 3 nitrogen and oxygen atoms in total. The predicted octanol–water partition coefficient (Wildman–Crippen LogP) is 2.78. The first-order chi connectivity index (χ1) is 9.56. The van der Waals surface area contributed by atoms with Crippen LogP contribution in [0.5, 0.6) is 0 Å². The largest absolute Gasteiger partial charge is 0.322 e. The highest BCUT2D eigenvalue weighted by Gasteiger charge is 2.30. The van der Waals surface area contributed by atoms with E-state index >= 15 is 0 Å². The summed E-state index contributed by atoms with van der Waals surface area (Å²) >= 11 is 0. The van der Waals surface area contributed by atoms with Crippen LogP contribution in [-0.4, -0.2) is 11.7 Å². The number of rotatable bonds is 3. The van der Waals surface area contributed by atoms with Gasteiger partial charge in [-0.25, -0.2) is 0 Å². The van der Waals surface area contributed by atoms with E-state index in [-0.39, 0.29) is 17.6 Å². The van der Waals surface area contributed by atoms with Crippen molar-refractivity contribution in [3.05, 3.63) is 41.1 Å². The molecule has 0 aliphatic heterocycles. The van der Waals surface area contributed by atoms with Gasteiger partial charge in [0, 0.05) is 17.9 Å². The van der Waals surface area contributed by atoms with E-state index in [1.807, 2.05) is 18.2 Å². The summed E-state index contributed by atoms with van der Waals surface area (Å²) in [5.74, 6) is 5.36. The Morgan fingerprint density at radius 3 is 2.50 bits per heavy atom. The number of carbonyl (C=O) groups excluding carboxylic acids is 2. The summed E-state index contributed by atoms with van der Waals surface area (Å²) in [6, 6.07) is 7.39. The van der Waals surface area contributed by atoms with Gasteiger partial charge in [0.05, 0.1) is 5.70 Å². The Morgan fingerprint density at radius 1 is 1.25 bits per heavy atom. The van der Waals surface area contributed by atoms with Crippen LogP contribution in [0.15, 0.2) is 30.0 Å². The van der Waals surface area contributed by atoms with E-state index < -0.39 is 0 Å². The summed E-state index contributed by atoms with van der Waals surface area (Å²) in [7, 11) is 0. The fraction of sp³-hybridized carbons (Fsp3) is 0.294. The lowest BCUT2D eigenvalue weighted by Gasteiger charge is -2.09. The van der Waals surface area contributed by atoms with Crippen LogP contribution in [0.3, 0.4) is 0 Å². The van der Waals surface area contributed by atoms with Crippen LogP contribution in [0.1, 0.15) is 43.1 Å². The number of ketones is 1. The maximum atomic E-state index is 12.4. The summed E-state index contributed by atoms with van der Waals surface area (Å²) in [6.07, 6.45) is 0.465. The maximum Gasteiger partial charge on any atom is 0.227 e. The van der Waals surface area contributed by atoms with Gasteiger partial charge in [0.15, 0.2) is 0 Å². The SMILES string of the molecule is CC#CCC1=C(NC(=O)C(C)C)C(=O)c2ccccc21. The molecule has 1 aromatic carbocycles. The topological polar surface area (TPSA) is 46.2 Å². The summed E-state index contributed by atoms with van der Waals surface area (Å²) in [6.45, 7) is 5.36. The Balaban J connectivity index is 2.45.